The summed E-state index contributed by atoms with van der Waals surface area (Å²) in [4.78, 5) is 0. The Bertz CT molecular complexity index is 348. The first-order valence-corrected chi connectivity index (χ1v) is 6.42. The Hall–Kier alpha value is -0.870. The van der Waals surface area contributed by atoms with Gasteiger partial charge in [-0.1, -0.05) is 13.8 Å². The van der Waals surface area contributed by atoms with E-state index >= 15 is 0 Å². The van der Waals surface area contributed by atoms with Crippen LogP contribution in [0.1, 0.15) is 45.7 Å². The van der Waals surface area contributed by atoms with Crippen molar-refractivity contribution in [1.82, 2.24) is 15.5 Å². The van der Waals surface area contributed by atoms with Gasteiger partial charge in [0.25, 0.3) is 0 Å². The molecule has 17 heavy (non-hydrogen) atoms. The Morgan fingerprint density at radius 3 is 2.94 bits per heavy atom. The second-order valence-corrected chi connectivity index (χ2v) is 5.47. The lowest BCUT2D eigenvalue weighted by atomic mass is 9.64. The van der Waals surface area contributed by atoms with Gasteiger partial charge in [-0.15, -0.1) is 0 Å². The van der Waals surface area contributed by atoms with Gasteiger partial charge in [0.2, 0.25) is 0 Å². The third-order valence-electron chi connectivity index (χ3n) is 4.02. The highest BCUT2D eigenvalue weighted by atomic mass is 16.5. The lowest BCUT2D eigenvalue weighted by molar-refractivity contribution is -0.116. The smallest absolute Gasteiger partial charge is 0.0655 e. The highest BCUT2D eigenvalue weighted by molar-refractivity contribution is 5.11. The second kappa shape index (κ2) is 4.78. The number of aromatic nitrogens is 2. The van der Waals surface area contributed by atoms with E-state index < -0.39 is 0 Å². The van der Waals surface area contributed by atoms with E-state index in [-0.39, 0.29) is 5.41 Å². The molecule has 0 amide bonds. The van der Waals surface area contributed by atoms with Crippen LogP contribution in [0.25, 0.3) is 0 Å². The molecule has 3 unspecified atom stereocenters. The first kappa shape index (κ1) is 12.6. The van der Waals surface area contributed by atoms with Crippen LogP contribution in [0.5, 0.6) is 0 Å². The number of aromatic amines is 1. The lowest BCUT2D eigenvalue weighted by Crippen LogP contribution is -2.61. The first-order valence-electron chi connectivity index (χ1n) is 6.42. The van der Waals surface area contributed by atoms with Crippen LogP contribution in [-0.4, -0.2) is 29.0 Å². The Morgan fingerprint density at radius 1 is 1.65 bits per heavy atom. The Morgan fingerprint density at radius 2 is 2.41 bits per heavy atom. The molecule has 2 N–H and O–H groups in total. The van der Waals surface area contributed by atoms with E-state index in [2.05, 4.69) is 43.2 Å². The summed E-state index contributed by atoms with van der Waals surface area (Å²) >= 11 is 0. The highest BCUT2D eigenvalue weighted by Crippen LogP contribution is 2.43. The molecule has 4 heteroatoms. The van der Waals surface area contributed by atoms with Crippen molar-refractivity contribution < 1.29 is 4.74 Å². The maximum absolute atomic E-state index is 5.74. The Labute approximate surface area is 103 Å². The van der Waals surface area contributed by atoms with Crippen molar-refractivity contribution in [3.05, 3.63) is 18.0 Å². The van der Waals surface area contributed by atoms with E-state index in [1.807, 2.05) is 12.4 Å². The van der Waals surface area contributed by atoms with Gasteiger partial charge in [0.1, 0.15) is 0 Å². The van der Waals surface area contributed by atoms with E-state index in [1.165, 1.54) is 5.56 Å². The van der Waals surface area contributed by atoms with Gasteiger partial charge >= 0.3 is 0 Å². The molecule has 0 aromatic carbocycles. The van der Waals surface area contributed by atoms with E-state index in [0.717, 1.165) is 13.0 Å². The van der Waals surface area contributed by atoms with Crippen molar-refractivity contribution in [3.63, 3.8) is 0 Å². The number of H-pyrrole nitrogens is 1. The molecule has 1 aliphatic carbocycles. The fourth-order valence-electron chi connectivity index (χ4n) is 2.55. The average Bonchev–Trinajstić information content (AvgIpc) is 2.81. The van der Waals surface area contributed by atoms with E-state index in [1.54, 1.807) is 0 Å². The minimum absolute atomic E-state index is 0.216. The molecule has 3 atom stereocenters. The largest absolute Gasteiger partial charge is 0.378 e. The third-order valence-corrected chi connectivity index (χ3v) is 4.02. The summed E-state index contributed by atoms with van der Waals surface area (Å²) in [7, 11) is 0. The fraction of sp³-hybridized carbons (Fsp3) is 0.769. The second-order valence-electron chi connectivity index (χ2n) is 5.47. The number of nitrogens with zero attached hydrogens (tertiary/aromatic N) is 1. The molecule has 1 heterocycles. The van der Waals surface area contributed by atoms with Gasteiger partial charge in [0, 0.05) is 35.9 Å². The summed E-state index contributed by atoms with van der Waals surface area (Å²) in [5.41, 5.74) is 1.43. The van der Waals surface area contributed by atoms with Crippen molar-refractivity contribution in [2.75, 3.05) is 6.61 Å². The van der Waals surface area contributed by atoms with Crippen LogP contribution in [0.2, 0.25) is 0 Å². The number of rotatable bonds is 5. The molecule has 0 spiro atoms. The summed E-state index contributed by atoms with van der Waals surface area (Å²) in [5.74, 6) is 0. The molecule has 0 saturated heterocycles. The highest BCUT2D eigenvalue weighted by Gasteiger charge is 2.49. The predicted molar refractivity (Wildman–Crippen MR) is 67.7 cm³/mol. The van der Waals surface area contributed by atoms with Crippen molar-refractivity contribution in [1.29, 1.82) is 0 Å². The Balaban J connectivity index is 1.89. The van der Waals surface area contributed by atoms with Crippen LogP contribution in [0.4, 0.5) is 0 Å². The minimum Gasteiger partial charge on any atom is -0.378 e. The topological polar surface area (TPSA) is 49.9 Å². The van der Waals surface area contributed by atoms with Gasteiger partial charge < -0.3 is 10.1 Å². The van der Waals surface area contributed by atoms with E-state index in [4.69, 9.17) is 4.74 Å². The van der Waals surface area contributed by atoms with Crippen LogP contribution >= 0.6 is 0 Å². The average molecular weight is 237 g/mol. The van der Waals surface area contributed by atoms with E-state index in [9.17, 15) is 0 Å². The molecular weight excluding hydrogens is 214 g/mol. The molecule has 0 bridgehead atoms. The van der Waals surface area contributed by atoms with Crippen LogP contribution < -0.4 is 5.32 Å². The number of hydrogen-bond donors (Lipinski definition) is 2. The summed E-state index contributed by atoms with van der Waals surface area (Å²) in [6.45, 7) is 9.59. The maximum atomic E-state index is 5.74. The molecular formula is C13H23N3O. The van der Waals surface area contributed by atoms with Crippen LogP contribution in [0, 0.1) is 5.41 Å². The maximum Gasteiger partial charge on any atom is 0.0655 e. The molecule has 96 valence electrons. The molecule has 0 radical (unpaired) electrons. The zero-order chi connectivity index (χ0) is 12.5. The summed E-state index contributed by atoms with van der Waals surface area (Å²) in [6, 6.07) is 0.851. The van der Waals surface area contributed by atoms with Gasteiger partial charge in [-0.2, -0.15) is 5.10 Å². The molecule has 0 aliphatic heterocycles. The lowest BCUT2D eigenvalue weighted by Gasteiger charge is -2.52. The molecule has 1 aromatic rings. The monoisotopic (exact) mass is 237 g/mol. The number of nitrogens with one attached hydrogen (secondary N) is 2. The summed E-state index contributed by atoms with van der Waals surface area (Å²) < 4.78 is 5.74. The normalized spacial score (nSPS) is 28.7. The zero-order valence-electron chi connectivity index (χ0n) is 11.2. The SMILES string of the molecule is CCOC1CC(NC(C)c2cn[nH]c2)C1(C)C. The fourth-order valence-corrected chi connectivity index (χ4v) is 2.55. The zero-order valence-corrected chi connectivity index (χ0v) is 11.2. The minimum atomic E-state index is 0.216. The van der Waals surface area contributed by atoms with Crippen LogP contribution in [-0.2, 0) is 4.74 Å². The summed E-state index contributed by atoms with van der Waals surface area (Å²) in [6.07, 6.45) is 5.32. The van der Waals surface area contributed by atoms with Crippen molar-refractivity contribution in [2.45, 2.75) is 52.3 Å². The van der Waals surface area contributed by atoms with Gasteiger partial charge in [0.05, 0.1) is 12.3 Å². The van der Waals surface area contributed by atoms with Crippen LogP contribution in [0.15, 0.2) is 12.4 Å². The molecule has 1 fully saturated rings. The van der Waals surface area contributed by atoms with E-state index in [0.29, 0.717) is 18.2 Å². The van der Waals surface area contributed by atoms with Gasteiger partial charge in [-0.3, -0.25) is 5.10 Å². The molecule has 1 saturated carbocycles. The predicted octanol–water partition coefficient (Wildman–Crippen LogP) is 2.26. The van der Waals surface area contributed by atoms with Crippen molar-refractivity contribution >= 4 is 0 Å². The molecule has 1 aromatic heterocycles. The number of ether oxygens (including phenoxy) is 1. The van der Waals surface area contributed by atoms with Crippen molar-refractivity contribution in [2.24, 2.45) is 5.41 Å². The third kappa shape index (κ3) is 2.38. The molecule has 1 aliphatic rings. The Kier molecular flexibility index (Phi) is 3.54. The number of hydrogen-bond acceptors (Lipinski definition) is 3. The van der Waals surface area contributed by atoms with Gasteiger partial charge in [-0.25, -0.2) is 0 Å². The standard InChI is InChI=1S/C13H23N3O/c1-5-17-12-6-11(13(12,3)4)16-9(2)10-7-14-15-8-10/h7-9,11-12,16H,5-6H2,1-4H3,(H,14,15). The first-order chi connectivity index (χ1) is 8.05. The quantitative estimate of drug-likeness (QED) is 0.826. The van der Waals surface area contributed by atoms with Crippen LogP contribution in [0.3, 0.4) is 0 Å². The molecule has 2 rings (SSSR count). The summed E-state index contributed by atoms with van der Waals surface area (Å²) in [5, 5.41) is 10.5. The van der Waals surface area contributed by atoms with Crippen molar-refractivity contribution in [3.8, 4) is 0 Å². The van der Waals surface area contributed by atoms with Gasteiger partial charge in [0.15, 0.2) is 0 Å². The van der Waals surface area contributed by atoms with Gasteiger partial charge in [-0.05, 0) is 20.3 Å². The molecule has 4 nitrogen and oxygen atoms in total.